The summed E-state index contributed by atoms with van der Waals surface area (Å²) < 4.78 is 51.6. The maximum atomic E-state index is 13.2. The van der Waals surface area contributed by atoms with Gasteiger partial charge in [-0.25, -0.2) is 12.8 Å². The van der Waals surface area contributed by atoms with Crippen molar-refractivity contribution in [3.63, 3.8) is 0 Å². The molecule has 0 fully saturated rings. The second-order valence-corrected chi connectivity index (χ2v) is 11.2. The summed E-state index contributed by atoms with van der Waals surface area (Å²) in [6, 6.07) is 16.9. The molecule has 11 heteroatoms. The molecule has 0 spiro atoms. The van der Waals surface area contributed by atoms with Gasteiger partial charge in [-0.05, 0) is 79.1 Å². The Balaban J connectivity index is 1.68. The van der Waals surface area contributed by atoms with E-state index >= 15 is 0 Å². The van der Waals surface area contributed by atoms with Crippen LogP contribution in [0.3, 0.4) is 0 Å². The molecule has 1 atom stereocenters. The number of ether oxygens (including phenoxy) is 2. The van der Waals surface area contributed by atoms with Crippen LogP contribution in [0.15, 0.2) is 77.7 Å². The maximum Gasteiger partial charge on any atom is 0.261 e. The average Bonchev–Trinajstić information content (AvgIpc) is 2.94. The minimum Gasteiger partial charge on any atom is -0.497 e. The lowest BCUT2D eigenvalue weighted by molar-refractivity contribution is -0.142. The van der Waals surface area contributed by atoms with Crippen LogP contribution in [0.2, 0.25) is 0 Å². The third-order valence-corrected chi connectivity index (χ3v) is 7.35. The summed E-state index contributed by atoms with van der Waals surface area (Å²) >= 11 is 0. The van der Waals surface area contributed by atoms with Gasteiger partial charge in [-0.3, -0.25) is 14.3 Å². The van der Waals surface area contributed by atoms with Crippen molar-refractivity contribution in [3.8, 4) is 11.5 Å². The Labute approximate surface area is 234 Å². The van der Waals surface area contributed by atoms with Crippen LogP contribution in [0.25, 0.3) is 0 Å². The van der Waals surface area contributed by atoms with E-state index in [0.717, 1.165) is 17.7 Å². The van der Waals surface area contributed by atoms with Crippen molar-refractivity contribution in [1.29, 1.82) is 0 Å². The fraction of sp³-hybridized carbons (Fsp3) is 0.310. The predicted molar refractivity (Wildman–Crippen MR) is 150 cm³/mol. The third-order valence-electron chi connectivity index (χ3n) is 5.96. The highest BCUT2D eigenvalue weighted by molar-refractivity contribution is 7.92. The lowest BCUT2D eigenvalue weighted by Crippen LogP contribution is -2.49. The van der Waals surface area contributed by atoms with Gasteiger partial charge in [0.2, 0.25) is 5.91 Å². The quantitative estimate of drug-likeness (QED) is 0.318. The number of rotatable bonds is 13. The Kier molecular flexibility index (Phi) is 10.5. The Hall–Kier alpha value is -4.12. The molecule has 0 aliphatic carbocycles. The summed E-state index contributed by atoms with van der Waals surface area (Å²) in [6.45, 7) is 5.91. The first kappa shape index (κ1) is 30.4. The normalized spacial score (nSPS) is 11.9. The molecule has 0 aliphatic rings. The molecule has 2 N–H and O–H groups in total. The van der Waals surface area contributed by atoms with Gasteiger partial charge in [0.1, 0.15) is 23.4 Å². The first-order chi connectivity index (χ1) is 19.0. The Morgan fingerprint density at radius 2 is 1.50 bits per heavy atom. The van der Waals surface area contributed by atoms with Gasteiger partial charge in [-0.2, -0.15) is 0 Å². The van der Waals surface area contributed by atoms with Gasteiger partial charge in [-0.1, -0.05) is 26.0 Å². The Morgan fingerprint density at radius 1 is 0.900 bits per heavy atom. The summed E-state index contributed by atoms with van der Waals surface area (Å²) in [7, 11) is -2.35. The van der Waals surface area contributed by atoms with Crippen molar-refractivity contribution in [1.82, 2.24) is 10.2 Å². The molecule has 0 aromatic heterocycles. The largest absolute Gasteiger partial charge is 0.497 e. The number of carbonyl (C=O) groups is 2. The third kappa shape index (κ3) is 8.70. The summed E-state index contributed by atoms with van der Waals surface area (Å²) in [5, 5.41) is 2.86. The highest BCUT2D eigenvalue weighted by Gasteiger charge is 2.26. The maximum absolute atomic E-state index is 13.2. The Bertz CT molecular complexity index is 1380. The van der Waals surface area contributed by atoms with E-state index in [-0.39, 0.29) is 41.3 Å². The van der Waals surface area contributed by atoms with Crippen molar-refractivity contribution in [2.24, 2.45) is 5.92 Å². The molecular formula is C29H34FN3O6S. The highest BCUT2D eigenvalue weighted by atomic mass is 32.2. The standard InChI is InChI=1S/C29H34FN3O6S/c1-20(2)17-31-29(35)21(3)33(18-22-5-11-25(38-4)12-6-22)28(34)19-39-26-13-15-27(16-14-26)40(36,37)32-24-9-7-23(30)8-10-24/h5-16,20-21,32H,17-19H2,1-4H3,(H,31,35). The predicted octanol–water partition coefficient (Wildman–Crippen LogP) is 4.20. The van der Waals surface area contributed by atoms with Crippen LogP contribution in [0, 0.1) is 11.7 Å². The molecule has 0 radical (unpaired) electrons. The second-order valence-electron chi connectivity index (χ2n) is 9.56. The molecule has 0 bridgehead atoms. The van der Waals surface area contributed by atoms with E-state index in [1.54, 1.807) is 26.2 Å². The summed E-state index contributed by atoms with van der Waals surface area (Å²) in [6.07, 6.45) is 0. The summed E-state index contributed by atoms with van der Waals surface area (Å²) in [4.78, 5) is 27.4. The number of hydrogen-bond donors (Lipinski definition) is 2. The van der Waals surface area contributed by atoms with Gasteiger partial charge < -0.3 is 19.7 Å². The average molecular weight is 572 g/mol. The molecule has 2 amide bonds. The molecule has 0 aliphatic heterocycles. The van der Waals surface area contributed by atoms with Crippen LogP contribution in [0.1, 0.15) is 26.3 Å². The second kappa shape index (κ2) is 13.8. The lowest BCUT2D eigenvalue weighted by Gasteiger charge is -2.29. The van der Waals surface area contributed by atoms with E-state index in [0.29, 0.717) is 12.3 Å². The molecule has 9 nitrogen and oxygen atoms in total. The zero-order valence-corrected chi connectivity index (χ0v) is 23.7. The number of anilines is 1. The molecular weight excluding hydrogens is 537 g/mol. The van der Waals surface area contributed by atoms with Gasteiger partial charge >= 0.3 is 0 Å². The van der Waals surface area contributed by atoms with E-state index in [1.165, 1.54) is 41.3 Å². The van der Waals surface area contributed by atoms with E-state index in [1.807, 2.05) is 26.0 Å². The minimum atomic E-state index is -3.92. The van der Waals surface area contributed by atoms with E-state index in [9.17, 15) is 22.4 Å². The van der Waals surface area contributed by atoms with Crippen molar-refractivity contribution in [2.75, 3.05) is 25.0 Å². The van der Waals surface area contributed by atoms with Gasteiger partial charge in [0.05, 0.1) is 12.0 Å². The first-order valence-electron chi connectivity index (χ1n) is 12.7. The first-order valence-corrected chi connectivity index (χ1v) is 14.2. The number of amides is 2. The molecule has 0 heterocycles. The van der Waals surface area contributed by atoms with Crippen molar-refractivity contribution in [2.45, 2.75) is 38.3 Å². The van der Waals surface area contributed by atoms with Gasteiger partial charge in [0.15, 0.2) is 6.61 Å². The number of methoxy groups -OCH3 is 1. The van der Waals surface area contributed by atoms with Gasteiger partial charge in [-0.15, -0.1) is 0 Å². The van der Waals surface area contributed by atoms with Gasteiger partial charge in [0, 0.05) is 18.8 Å². The van der Waals surface area contributed by atoms with Crippen LogP contribution in [0.4, 0.5) is 10.1 Å². The molecule has 214 valence electrons. The summed E-state index contributed by atoms with van der Waals surface area (Å²) in [5.74, 6) is 0.0212. The van der Waals surface area contributed by atoms with Crippen LogP contribution >= 0.6 is 0 Å². The molecule has 1 unspecified atom stereocenters. The highest BCUT2D eigenvalue weighted by Crippen LogP contribution is 2.20. The minimum absolute atomic E-state index is 0.0351. The zero-order chi connectivity index (χ0) is 29.3. The van der Waals surface area contributed by atoms with Gasteiger partial charge in [0.25, 0.3) is 15.9 Å². The number of sulfonamides is 1. The topological polar surface area (TPSA) is 114 Å². The van der Waals surface area contributed by atoms with Crippen LogP contribution in [0.5, 0.6) is 11.5 Å². The van der Waals surface area contributed by atoms with E-state index < -0.39 is 27.8 Å². The monoisotopic (exact) mass is 571 g/mol. The van der Waals surface area contributed by atoms with E-state index in [2.05, 4.69) is 10.0 Å². The number of nitrogens with zero attached hydrogens (tertiary/aromatic N) is 1. The fourth-order valence-electron chi connectivity index (χ4n) is 3.64. The number of carbonyl (C=O) groups excluding carboxylic acids is 2. The smallest absolute Gasteiger partial charge is 0.261 e. The lowest BCUT2D eigenvalue weighted by atomic mass is 10.1. The number of benzene rings is 3. The number of nitrogens with one attached hydrogen (secondary N) is 2. The molecule has 3 aromatic rings. The van der Waals surface area contributed by atoms with Crippen LogP contribution in [-0.4, -0.2) is 51.4 Å². The van der Waals surface area contributed by atoms with Crippen LogP contribution < -0.4 is 19.5 Å². The van der Waals surface area contributed by atoms with Crippen molar-refractivity contribution in [3.05, 3.63) is 84.2 Å². The zero-order valence-electron chi connectivity index (χ0n) is 22.9. The fourth-order valence-corrected chi connectivity index (χ4v) is 4.70. The summed E-state index contributed by atoms with van der Waals surface area (Å²) in [5.41, 5.74) is 1.02. The molecule has 3 rings (SSSR count). The van der Waals surface area contributed by atoms with Crippen LogP contribution in [-0.2, 0) is 26.2 Å². The van der Waals surface area contributed by atoms with Crippen molar-refractivity contribution >= 4 is 27.5 Å². The van der Waals surface area contributed by atoms with Crippen molar-refractivity contribution < 1.29 is 31.9 Å². The molecule has 3 aromatic carbocycles. The SMILES string of the molecule is COc1ccc(CN(C(=O)COc2ccc(S(=O)(=O)Nc3ccc(F)cc3)cc2)C(C)C(=O)NCC(C)C)cc1. The number of halogens is 1. The Morgan fingerprint density at radius 3 is 2.08 bits per heavy atom. The molecule has 40 heavy (non-hydrogen) atoms. The number of hydrogen-bond acceptors (Lipinski definition) is 6. The van der Waals surface area contributed by atoms with E-state index in [4.69, 9.17) is 9.47 Å². The molecule has 0 saturated heterocycles. The molecule has 0 saturated carbocycles.